The van der Waals surface area contributed by atoms with Gasteiger partial charge in [-0.3, -0.25) is 9.69 Å². The van der Waals surface area contributed by atoms with Gasteiger partial charge >= 0.3 is 0 Å². The molecule has 1 aromatic carbocycles. The molecule has 1 aliphatic heterocycles. The molecular formula is C16H18Cl2N4O2. The number of carbonyl (C=O) groups is 1. The first kappa shape index (κ1) is 18.6. The van der Waals surface area contributed by atoms with Gasteiger partial charge in [-0.2, -0.15) is 5.26 Å². The Hall–Kier alpha value is -1.78. The van der Waals surface area contributed by atoms with Gasteiger partial charge in [-0.15, -0.1) is 0 Å². The summed E-state index contributed by atoms with van der Waals surface area (Å²) < 4.78 is 5.28. The Bertz CT molecular complexity index is 652. The maximum Gasteiger partial charge on any atom is 0.267 e. The second-order valence-corrected chi connectivity index (χ2v) is 5.98. The van der Waals surface area contributed by atoms with Crippen molar-refractivity contribution in [3.63, 3.8) is 0 Å². The fraction of sp³-hybridized carbons (Fsp3) is 0.375. The van der Waals surface area contributed by atoms with E-state index >= 15 is 0 Å². The molecule has 0 unspecified atom stereocenters. The maximum atomic E-state index is 12.1. The number of nitrogens with one attached hydrogen (secondary N) is 2. The number of hydrogen-bond acceptors (Lipinski definition) is 5. The number of nitriles is 1. The second-order valence-electron chi connectivity index (χ2n) is 5.16. The van der Waals surface area contributed by atoms with E-state index in [1.807, 2.05) is 6.07 Å². The lowest BCUT2D eigenvalue weighted by molar-refractivity contribution is -0.112. The molecule has 2 N–H and O–H groups in total. The van der Waals surface area contributed by atoms with Crippen LogP contribution in [0.5, 0.6) is 0 Å². The number of morpholine rings is 1. The molecule has 0 aromatic heterocycles. The van der Waals surface area contributed by atoms with Crippen LogP contribution < -0.4 is 10.6 Å². The molecule has 0 saturated carbocycles. The van der Waals surface area contributed by atoms with Crippen LogP contribution in [0, 0.1) is 11.3 Å². The average molecular weight is 369 g/mol. The summed E-state index contributed by atoms with van der Waals surface area (Å²) in [6.07, 6.45) is 1.42. The van der Waals surface area contributed by atoms with Crippen molar-refractivity contribution in [3.05, 3.63) is 40.0 Å². The zero-order chi connectivity index (χ0) is 17.4. The number of anilines is 1. The largest absolute Gasteiger partial charge is 0.388 e. The van der Waals surface area contributed by atoms with Gasteiger partial charge in [-0.25, -0.2) is 0 Å². The predicted octanol–water partition coefficient (Wildman–Crippen LogP) is 2.26. The number of carbonyl (C=O) groups excluding carboxylic acids is 1. The molecule has 24 heavy (non-hydrogen) atoms. The molecule has 0 bridgehead atoms. The normalized spacial score (nSPS) is 15.6. The second kappa shape index (κ2) is 9.50. The molecule has 0 radical (unpaired) electrons. The summed E-state index contributed by atoms with van der Waals surface area (Å²) >= 11 is 11.7. The molecule has 1 fully saturated rings. The first-order valence-electron chi connectivity index (χ1n) is 7.50. The number of halogens is 2. The van der Waals surface area contributed by atoms with Crippen molar-refractivity contribution in [1.82, 2.24) is 10.2 Å². The smallest absolute Gasteiger partial charge is 0.267 e. The van der Waals surface area contributed by atoms with Crippen molar-refractivity contribution in [3.8, 4) is 6.07 Å². The van der Waals surface area contributed by atoms with E-state index in [1.54, 1.807) is 12.1 Å². The number of nitrogens with zero attached hydrogens (tertiary/aromatic N) is 2. The topological polar surface area (TPSA) is 77.4 Å². The molecule has 6 nitrogen and oxygen atoms in total. The Morgan fingerprint density at radius 3 is 2.75 bits per heavy atom. The first-order valence-corrected chi connectivity index (χ1v) is 8.26. The number of benzene rings is 1. The molecule has 0 atom stereocenters. The summed E-state index contributed by atoms with van der Waals surface area (Å²) in [5.41, 5.74) is 0.465. The summed E-state index contributed by atoms with van der Waals surface area (Å²) in [5, 5.41) is 15.5. The summed E-state index contributed by atoms with van der Waals surface area (Å²) in [7, 11) is 0. The van der Waals surface area contributed by atoms with Crippen molar-refractivity contribution in [2.24, 2.45) is 0 Å². The van der Waals surface area contributed by atoms with Crippen molar-refractivity contribution in [2.75, 3.05) is 44.7 Å². The lowest BCUT2D eigenvalue weighted by Gasteiger charge is -2.26. The van der Waals surface area contributed by atoms with Gasteiger partial charge in [0.15, 0.2) is 0 Å². The number of hydrogen-bond donors (Lipinski definition) is 2. The summed E-state index contributed by atoms with van der Waals surface area (Å²) in [5.74, 6) is -0.505. The maximum absolute atomic E-state index is 12.1. The van der Waals surface area contributed by atoms with Crippen LogP contribution in [-0.2, 0) is 9.53 Å². The van der Waals surface area contributed by atoms with Crippen LogP contribution in [0.4, 0.5) is 5.69 Å². The molecule has 128 valence electrons. The van der Waals surface area contributed by atoms with E-state index in [9.17, 15) is 4.79 Å². The molecule has 1 aromatic rings. The highest BCUT2D eigenvalue weighted by molar-refractivity contribution is 6.42. The SMILES string of the molecule is N#C/C(=C/NCCN1CCOCC1)C(=O)Nc1ccc(Cl)c(Cl)c1. The van der Waals surface area contributed by atoms with Gasteiger partial charge in [0.2, 0.25) is 0 Å². The van der Waals surface area contributed by atoms with Crippen LogP contribution in [0.1, 0.15) is 0 Å². The third-order valence-corrected chi connectivity index (χ3v) is 4.20. The molecule has 1 amide bonds. The summed E-state index contributed by atoms with van der Waals surface area (Å²) in [4.78, 5) is 14.3. The van der Waals surface area contributed by atoms with Crippen molar-refractivity contribution < 1.29 is 9.53 Å². The monoisotopic (exact) mass is 368 g/mol. The minimum absolute atomic E-state index is 0.0111. The molecule has 0 aliphatic carbocycles. The summed E-state index contributed by atoms with van der Waals surface area (Å²) in [6.45, 7) is 4.75. The fourth-order valence-electron chi connectivity index (χ4n) is 2.14. The van der Waals surface area contributed by atoms with E-state index < -0.39 is 5.91 Å². The minimum atomic E-state index is -0.505. The van der Waals surface area contributed by atoms with Gasteiger partial charge in [0.05, 0.1) is 23.3 Å². The highest BCUT2D eigenvalue weighted by Gasteiger charge is 2.11. The van der Waals surface area contributed by atoms with E-state index in [0.717, 1.165) is 32.8 Å². The average Bonchev–Trinajstić information content (AvgIpc) is 2.59. The van der Waals surface area contributed by atoms with Gasteiger partial charge in [0.25, 0.3) is 5.91 Å². The zero-order valence-corrected chi connectivity index (χ0v) is 14.5. The van der Waals surface area contributed by atoms with Gasteiger partial charge in [0, 0.05) is 38.1 Å². The molecule has 2 rings (SSSR count). The Labute approximate surface area is 151 Å². The fourth-order valence-corrected chi connectivity index (χ4v) is 2.44. The first-order chi connectivity index (χ1) is 11.6. The molecule has 0 spiro atoms. The quantitative estimate of drug-likeness (QED) is 0.457. The zero-order valence-electron chi connectivity index (χ0n) is 13.0. The van der Waals surface area contributed by atoms with E-state index in [4.69, 9.17) is 33.2 Å². The Morgan fingerprint density at radius 1 is 1.33 bits per heavy atom. The van der Waals surface area contributed by atoms with Crippen LogP contribution in [0.25, 0.3) is 0 Å². The van der Waals surface area contributed by atoms with Gasteiger partial charge in [-0.05, 0) is 18.2 Å². The van der Waals surface area contributed by atoms with Crippen LogP contribution in [0.3, 0.4) is 0 Å². The molecule has 1 saturated heterocycles. The minimum Gasteiger partial charge on any atom is -0.388 e. The molecule has 1 aliphatic rings. The molecule has 1 heterocycles. The number of ether oxygens (including phenoxy) is 1. The van der Waals surface area contributed by atoms with E-state index in [-0.39, 0.29) is 5.57 Å². The lowest BCUT2D eigenvalue weighted by Crippen LogP contribution is -2.39. The van der Waals surface area contributed by atoms with Crippen LogP contribution >= 0.6 is 23.2 Å². The highest BCUT2D eigenvalue weighted by Crippen LogP contribution is 2.25. The van der Waals surface area contributed by atoms with Gasteiger partial charge in [0.1, 0.15) is 11.6 Å². The highest BCUT2D eigenvalue weighted by atomic mass is 35.5. The van der Waals surface area contributed by atoms with Crippen molar-refractivity contribution in [2.45, 2.75) is 0 Å². The van der Waals surface area contributed by atoms with Crippen LogP contribution in [0.15, 0.2) is 30.0 Å². The number of amides is 1. The Morgan fingerprint density at radius 2 is 2.08 bits per heavy atom. The Balaban J connectivity index is 1.83. The third-order valence-electron chi connectivity index (χ3n) is 3.47. The molecule has 8 heteroatoms. The van der Waals surface area contributed by atoms with E-state index in [0.29, 0.717) is 22.3 Å². The van der Waals surface area contributed by atoms with Crippen LogP contribution in [-0.4, -0.2) is 50.2 Å². The molecular weight excluding hydrogens is 351 g/mol. The lowest BCUT2D eigenvalue weighted by atomic mass is 10.2. The van der Waals surface area contributed by atoms with Crippen LogP contribution in [0.2, 0.25) is 10.0 Å². The van der Waals surface area contributed by atoms with E-state index in [2.05, 4.69) is 15.5 Å². The Kier molecular flexibility index (Phi) is 7.35. The van der Waals surface area contributed by atoms with Gasteiger partial charge < -0.3 is 15.4 Å². The van der Waals surface area contributed by atoms with Crippen molar-refractivity contribution in [1.29, 1.82) is 5.26 Å². The summed E-state index contributed by atoms with van der Waals surface area (Å²) in [6, 6.07) is 6.61. The number of rotatable bonds is 6. The van der Waals surface area contributed by atoms with Gasteiger partial charge in [-0.1, -0.05) is 23.2 Å². The van der Waals surface area contributed by atoms with Crippen molar-refractivity contribution >= 4 is 34.8 Å². The predicted molar refractivity (Wildman–Crippen MR) is 94.0 cm³/mol. The third kappa shape index (κ3) is 5.69. The van der Waals surface area contributed by atoms with E-state index in [1.165, 1.54) is 12.3 Å². The standard InChI is InChI=1S/C16H18Cl2N4O2/c17-14-2-1-13(9-15(14)18)21-16(23)12(10-19)11-20-3-4-22-5-7-24-8-6-22/h1-2,9,11,20H,3-8H2,(H,21,23)/b12-11-.